The monoisotopic (exact) mass is 285 g/mol. The van der Waals surface area contributed by atoms with E-state index in [0.29, 0.717) is 18.0 Å². The topological polar surface area (TPSA) is 39.9 Å². The Morgan fingerprint density at radius 2 is 2.15 bits per heavy atom. The van der Waals surface area contributed by atoms with Crippen molar-refractivity contribution in [3.8, 4) is 6.07 Å². The average molecular weight is 286 g/mol. The Hall–Kier alpha value is -2.05. The maximum Gasteiger partial charge on any atom is 0.101 e. The number of hydrogen-bond acceptors (Lipinski definition) is 3. The molecule has 0 aliphatic carbocycles. The fourth-order valence-corrected chi connectivity index (χ4v) is 2.25. The number of nitrogens with zero attached hydrogens (tertiary/aromatic N) is 3. The first-order valence-corrected chi connectivity index (χ1v) is 7.05. The molecule has 20 heavy (non-hydrogen) atoms. The fourth-order valence-electron chi connectivity index (χ4n) is 2.09. The van der Waals surface area contributed by atoms with E-state index < -0.39 is 0 Å². The van der Waals surface area contributed by atoms with Crippen LogP contribution >= 0.6 is 11.6 Å². The maximum absolute atomic E-state index is 9.31. The number of hydrogen-bond donors (Lipinski definition) is 0. The number of aromatic nitrogens is 1. The standard InChI is InChI=1S/C16H16ClN3/c1-2-20(12-15-5-3-4-8-19-15)16-7-6-13(10-17)9-14(16)11-18/h3-9H,2,10,12H2,1H3. The first-order chi connectivity index (χ1) is 9.78. The number of halogens is 1. The molecule has 0 saturated heterocycles. The second kappa shape index (κ2) is 6.93. The molecule has 0 aliphatic rings. The molecule has 1 heterocycles. The largest absolute Gasteiger partial charge is 0.365 e. The third kappa shape index (κ3) is 3.28. The van der Waals surface area contributed by atoms with Gasteiger partial charge in [-0.3, -0.25) is 4.98 Å². The van der Waals surface area contributed by atoms with Crippen molar-refractivity contribution in [3.05, 3.63) is 59.4 Å². The Morgan fingerprint density at radius 1 is 1.30 bits per heavy atom. The summed E-state index contributed by atoms with van der Waals surface area (Å²) in [7, 11) is 0. The van der Waals surface area contributed by atoms with E-state index in [1.807, 2.05) is 36.4 Å². The molecule has 0 amide bonds. The minimum atomic E-state index is 0.418. The zero-order valence-corrected chi connectivity index (χ0v) is 12.1. The van der Waals surface area contributed by atoms with Crippen molar-refractivity contribution in [1.29, 1.82) is 5.26 Å². The molecule has 0 atom stereocenters. The van der Waals surface area contributed by atoms with Crippen LogP contribution < -0.4 is 4.90 Å². The first-order valence-electron chi connectivity index (χ1n) is 6.52. The Morgan fingerprint density at radius 3 is 2.75 bits per heavy atom. The zero-order chi connectivity index (χ0) is 14.4. The van der Waals surface area contributed by atoms with Crippen molar-refractivity contribution >= 4 is 17.3 Å². The van der Waals surface area contributed by atoms with Gasteiger partial charge in [0, 0.05) is 18.6 Å². The predicted octanol–water partition coefficient (Wildman–Crippen LogP) is 3.72. The van der Waals surface area contributed by atoms with Crippen LogP contribution in [-0.2, 0) is 12.4 Å². The van der Waals surface area contributed by atoms with Crippen LogP contribution in [0.1, 0.15) is 23.7 Å². The van der Waals surface area contributed by atoms with Gasteiger partial charge < -0.3 is 4.90 Å². The summed E-state index contributed by atoms with van der Waals surface area (Å²) in [6.07, 6.45) is 1.78. The van der Waals surface area contributed by atoms with Crippen LogP contribution in [0.15, 0.2) is 42.6 Å². The average Bonchev–Trinajstić information content (AvgIpc) is 2.53. The van der Waals surface area contributed by atoms with Gasteiger partial charge in [-0.2, -0.15) is 5.26 Å². The molecule has 0 fully saturated rings. The quantitative estimate of drug-likeness (QED) is 0.786. The summed E-state index contributed by atoms with van der Waals surface area (Å²) in [5.41, 5.74) is 3.52. The highest BCUT2D eigenvalue weighted by Crippen LogP contribution is 2.23. The van der Waals surface area contributed by atoms with Crippen molar-refractivity contribution in [2.24, 2.45) is 0 Å². The van der Waals surface area contributed by atoms with Gasteiger partial charge in [0.05, 0.1) is 23.5 Å². The number of nitriles is 1. The molecule has 0 saturated carbocycles. The summed E-state index contributed by atoms with van der Waals surface area (Å²) in [6.45, 7) is 3.57. The molecule has 0 spiro atoms. The SMILES string of the molecule is CCN(Cc1ccccn1)c1ccc(CCl)cc1C#N. The zero-order valence-electron chi connectivity index (χ0n) is 11.4. The van der Waals surface area contributed by atoms with E-state index in [2.05, 4.69) is 22.9 Å². The fraction of sp³-hybridized carbons (Fsp3) is 0.250. The second-order valence-electron chi connectivity index (χ2n) is 4.43. The first kappa shape index (κ1) is 14.4. The summed E-state index contributed by atoms with van der Waals surface area (Å²) in [5.74, 6) is 0.418. The lowest BCUT2D eigenvalue weighted by atomic mass is 10.1. The molecule has 0 aliphatic heterocycles. The minimum Gasteiger partial charge on any atom is -0.365 e. The molecular formula is C16H16ClN3. The van der Waals surface area contributed by atoms with Gasteiger partial charge in [-0.15, -0.1) is 11.6 Å². The highest BCUT2D eigenvalue weighted by molar-refractivity contribution is 6.17. The van der Waals surface area contributed by atoms with E-state index in [1.165, 1.54) is 0 Å². The highest BCUT2D eigenvalue weighted by atomic mass is 35.5. The lowest BCUT2D eigenvalue weighted by Gasteiger charge is -2.24. The molecule has 3 nitrogen and oxygen atoms in total. The van der Waals surface area contributed by atoms with Gasteiger partial charge in [0.1, 0.15) is 6.07 Å². The van der Waals surface area contributed by atoms with Crippen LogP contribution in [0.3, 0.4) is 0 Å². The lowest BCUT2D eigenvalue weighted by molar-refractivity contribution is 0.808. The van der Waals surface area contributed by atoms with Gasteiger partial charge in [0.15, 0.2) is 0 Å². The van der Waals surface area contributed by atoms with Gasteiger partial charge in [-0.1, -0.05) is 12.1 Å². The summed E-state index contributed by atoms with van der Waals surface area (Å²) in [4.78, 5) is 6.47. The van der Waals surface area contributed by atoms with E-state index in [0.717, 1.165) is 23.5 Å². The third-order valence-corrected chi connectivity index (χ3v) is 3.45. The van der Waals surface area contributed by atoms with Gasteiger partial charge in [-0.25, -0.2) is 0 Å². The second-order valence-corrected chi connectivity index (χ2v) is 4.70. The molecule has 1 aromatic carbocycles. The van der Waals surface area contributed by atoms with Crippen LogP contribution in [0.25, 0.3) is 0 Å². The van der Waals surface area contributed by atoms with E-state index in [9.17, 15) is 5.26 Å². The van der Waals surface area contributed by atoms with E-state index >= 15 is 0 Å². The third-order valence-electron chi connectivity index (χ3n) is 3.14. The Kier molecular flexibility index (Phi) is 4.97. The molecule has 0 unspecified atom stereocenters. The van der Waals surface area contributed by atoms with E-state index in [-0.39, 0.29) is 0 Å². The van der Waals surface area contributed by atoms with E-state index in [1.54, 1.807) is 6.20 Å². The molecule has 0 bridgehead atoms. The van der Waals surface area contributed by atoms with Crippen molar-refractivity contribution in [1.82, 2.24) is 4.98 Å². The minimum absolute atomic E-state index is 0.418. The van der Waals surface area contributed by atoms with Gasteiger partial charge in [0.25, 0.3) is 0 Å². The highest BCUT2D eigenvalue weighted by Gasteiger charge is 2.11. The summed E-state index contributed by atoms with van der Waals surface area (Å²) in [5, 5.41) is 9.31. The summed E-state index contributed by atoms with van der Waals surface area (Å²) < 4.78 is 0. The van der Waals surface area contributed by atoms with Crippen molar-refractivity contribution in [3.63, 3.8) is 0 Å². The van der Waals surface area contributed by atoms with Gasteiger partial charge in [-0.05, 0) is 36.8 Å². The van der Waals surface area contributed by atoms with Gasteiger partial charge in [0.2, 0.25) is 0 Å². The molecule has 4 heteroatoms. The molecule has 102 valence electrons. The number of anilines is 1. The number of pyridine rings is 1. The van der Waals surface area contributed by atoms with Crippen LogP contribution in [0.5, 0.6) is 0 Å². The van der Waals surface area contributed by atoms with Crippen LogP contribution in [-0.4, -0.2) is 11.5 Å². The van der Waals surface area contributed by atoms with Crippen LogP contribution in [0.2, 0.25) is 0 Å². The molecule has 2 rings (SSSR count). The van der Waals surface area contributed by atoms with Gasteiger partial charge >= 0.3 is 0 Å². The predicted molar refractivity (Wildman–Crippen MR) is 81.7 cm³/mol. The Labute approximate surface area is 124 Å². The number of rotatable bonds is 5. The summed E-state index contributed by atoms with van der Waals surface area (Å²) in [6, 6.07) is 13.9. The maximum atomic E-state index is 9.31. The van der Waals surface area contributed by atoms with Crippen LogP contribution in [0.4, 0.5) is 5.69 Å². The molecule has 0 radical (unpaired) electrons. The van der Waals surface area contributed by atoms with Crippen LogP contribution in [0, 0.1) is 11.3 Å². The normalized spacial score (nSPS) is 10.1. The van der Waals surface area contributed by atoms with E-state index in [4.69, 9.17) is 11.6 Å². The van der Waals surface area contributed by atoms with Crippen molar-refractivity contribution < 1.29 is 0 Å². The summed E-state index contributed by atoms with van der Waals surface area (Å²) >= 11 is 5.82. The van der Waals surface area contributed by atoms with Crippen molar-refractivity contribution in [2.45, 2.75) is 19.3 Å². The smallest absolute Gasteiger partial charge is 0.101 e. The molecule has 2 aromatic rings. The number of benzene rings is 1. The molecule has 1 aromatic heterocycles. The lowest BCUT2D eigenvalue weighted by Crippen LogP contribution is -2.23. The Balaban J connectivity index is 2.30. The molecule has 0 N–H and O–H groups in total. The molecular weight excluding hydrogens is 270 g/mol. The van der Waals surface area contributed by atoms with Crippen molar-refractivity contribution in [2.75, 3.05) is 11.4 Å². The number of alkyl halides is 1. The Bertz CT molecular complexity index is 605.